The molecule has 1 aromatic heterocycles. The fraction of sp³-hybridized carbons (Fsp3) is 0.556. The average molecular weight is 250 g/mol. The van der Waals surface area contributed by atoms with Crippen LogP contribution in [0.3, 0.4) is 0 Å². The van der Waals surface area contributed by atoms with E-state index >= 15 is 0 Å². The lowest BCUT2D eigenvalue weighted by Gasteiger charge is -2.19. The van der Waals surface area contributed by atoms with E-state index in [9.17, 15) is 18.0 Å². The number of hydrogen-bond acceptors (Lipinski definition) is 3. The van der Waals surface area contributed by atoms with Gasteiger partial charge < -0.3 is 10.6 Å². The molecule has 1 rings (SSSR count). The van der Waals surface area contributed by atoms with Gasteiger partial charge in [0.25, 0.3) is 5.91 Å². The molecule has 0 spiro atoms. The van der Waals surface area contributed by atoms with Crippen molar-refractivity contribution in [2.45, 2.75) is 19.6 Å². The second kappa shape index (κ2) is 4.64. The van der Waals surface area contributed by atoms with Crippen molar-refractivity contribution in [3.8, 4) is 0 Å². The average Bonchev–Trinajstić information content (AvgIpc) is 2.55. The minimum absolute atomic E-state index is 0.0146. The molecule has 0 unspecified atom stereocenters. The van der Waals surface area contributed by atoms with Crippen molar-refractivity contribution < 1.29 is 18.0 Å². The van der Waals surface area contributed by atoms with Crippen LogP contribution >= 0.6 is 0 Å². The number of hydrogen-bond donors (Lipinski definition) is 1. The van der Waals surface area contributed by atoms with Crippen LogP contribution in [-0.2, 0) is 6.54 Å². The summed E-state index contributed by atoms with van der Waals surface area (Å²) < 4.78 is 37.7. The van der Waals surface area contributed by atoms with Crippen LogP contribution in [0.2, 0.25) is 0 Å². The zero-order chi connectivity index (χ0) is 13.2. The van der Waals surface area contributed by atoms with Gasteiger partial charge in [-0.1, -0.05) is 0 Å². The van der Waals surface area contributed by atoms with Gasteiger partial charge in [-0.05, 0) is 6.92 Å². The summed E-state index contributed by atoms with van der Waals surface area (Å²) in [6.45, 7) is 0.755. The lowest BCUT2D eigenvalue weighted by Crippen LogP contribution is -2.37. The van der Waals surface area contributed by atoms with Gasteiger partial charge in [0.2, 0.25) is 0 Å². The van der Waals surface area contributed by atoms with Crippen LogP contribution < -0.4 is 5.73 Å². The van der Waals surface area contributed by atoms with E-state index < -0.39 is 18.6 Å². The summed E-state index contributed by atoms with van der Waals surface area (Å²) in [5, 5.41) is 3.80. The molecular formula is C9H13F3N4O. The molecule has 0 fully saturated rings. The van der Waals surface area contributed by atoms with Crippen molar-refractivity contribution in [1.82, 2.24) is 14.7 Å². The van der Waals surface area contributed by atoms with Crippen LogP contribution in [0.25, 0.3) is 0 Å². The third-order valence-corrected chi connectivity index (χ3v) is 2.13. The Morgan fingerprint density at radius 2 is 2.18 bits per heavy atom. The summed E-state index contributed by atoms with van der Waals surface area (Å²) >= 11 is 0. The number of nitrogens with two attached hydrogens (primary N) is 1. The van der Waals surface area contributed by atoms with Crippen molar-refractivity contribution >= 4 is 11.6 Å². The van der Waals surface area contributed by atoms with Crippen LogP contribution in [0, 0.1) is 0 Å². The highest BCUT2D eigenvalue weighted by Gasteiger charge is 2.32. The number of aryl methyl sites for hydroxylation is 1. The van der Waals surface area contributed by atoms with Gasteiger partial charge in [-0.3, -0.25) is 9.48 Å². The number of aromatic nitrogens is 2. The molecule has 0 bridgehead atoms. The van der Waals surface area contributed by atoms with Gasteiger partial charge in [-0.15, -0.1) is 0 Å². The van der Waals surface area contributed by atoms with E-state index in [0.29, 0.717) is 11.4 Å². The molecule has 0 aliphatic rings. The number of halogens is 3. The predicted octanol–water partition coefficient (Wildman–Crippen LogP) is 1.12. The summed E-state index contributed by atoms with van der Waals surface area (Å²) in [4.78, 5) is 12.3. The molecule has 0 radical (unpaired) electrons. The van der Waals surface area contributed by atoms with Crippen LogP contribution in [-0.4, -0.2) is 40.4 Å². The Bertz CT molecular complexity index is 413. The largest absolute Gasteiger partial charge is 0.406 e. The van der Waals surface area contributed by atoms with Crippen molar-refractivity contribution in [3.05, 3.63) is 11.9 Å². The highest BCUT2D eigenvalue weighted by molar-refractivity contribution is 5.97. The van der Waals surface area contributed by atoms with Gasteiger partial charge in [0, 0.05) is 13.6 Å². The number of nitrogens with zero attached hydrogens (tertiary/aromatic N) is 3. The van der Waals surface area contributed by atoms with Gasteiger partial charge in [0.05, 0.1) is 11.9 Å². The molecule has 1 amide bonds. The molecule has 0 saturated carbocycles. The Balaban J connectivity index is 2.92. The van der Waals surface area contributed by atoms with Crippen molar-refractivity contribution in [3.63, 3.8) is 0 Å². The summed E-state index contributed by atoms with van der Waals surface area (Å²) in [5.74, 6) is -0.792. The van der Waals surface area contributed by atoms with E-state index in [2.05, 4.69) is 5.10 Å². The quantitative estimate of drug-likeness (QED) is 0.874. The van der Waals surface area contributed by atoms with Gasteiger partial charge in [-0.25, -0.2) is 0 Å². The highest BCUT2D eigenvalue weighted by Crippen LogP contribution is 2.19. The summed E-state index contributed by atoms with van der Waals surface area (Å²) in [6, 6.07) is 0. The van der Waals surface area contributed by atoms with E-state index in [1.807, 2.05) is 0 Å². The third-order valence-electron chi connectivity index (χ3n) is 2.13. The van der Waals surface area contributed by atoms with Gasteiger partial charge in [-0.2, -0.15) is 18.3 Å². The minimum Gasteiger partial charge on any atom is -0.396 e. The first-order valence-electron chi connectivity index (χ1n) is 4.89. The molecular weight excluding hydrogens is 237 g/mol. The monoisotopic (exact) mass is 250 g/mol. The smallest absolute Gasteiger partial charge is 0.396 e. The Labute approximate surface area is 96.0 Å². The minimum atomic E-state index is -4.43. The number of nitrogen functional groups attached to an aromatic ring is 1. The SMILES string of the molecule is CCn1ncc(N)c1C(=O)N(C)CC(F)(F)F. The summed E-state index contributed by atoms with van der Waals surface area (Å²) in [5.41, 5.74) is 5.57. The number of alkyl halides is 3. The van der Waals surface area contributed by atoms with Crippen LogP contribution in [0.5, 0.6) is 0 Å². The van der Waals surface area contributed by atoms with E-state index in [4.69, 9.17) is 5.73 Å². The first-order chi connectivity index (χ1) is 7.76. The zero-order valence-corrected chi connectivity index (χ0v) is 9.45. The van der Waals surface area contributed by atoms with E-state index in [0.717, 1.165) is 7.05 Å². The fourth-order valence-corrected chi connectivity index (χ4v) is 1.39. The Hall–Kier alpha value is -1.73. The van der Waals surface area contributed by atoms with E-state index in [1.54, 1.807) is 6.92 Å². The van der Waals surface area contributed by atoms with E-state index in [-0.39, 0.29) is 11.4 Å². The number of carbonyl (C=O) groups is 1. The lowest BCUT2D eigenvalue weighted by atomic mass is 10.3. The summed E-state index contributed by atoms with van der Waals surface area (Å²) in [7, 11) is 1.07. The van der Waals surface area contributed by atoms with Crippen molar-refractivity contribution in [2.24, 2.45) is 0 Å². The summed E-state index contributed by atoms with van der Waals surface area (Å²) in [6.07, 6.45) is -3.19. The number of carbonyl (C=O) groups excluding carboxylic acids is 1. The first-order valence-corrected chi connectivity index (χ1v) is 4.89. The zero-order valence-electron chi connectivity index (χ0n) is 9.45. The molecule has 96 valence electrons. The molecule has 1 aromatic rings. The molecule has 17 heavy (non-hydrogen) atoms. The highest BCUT2D eigenvalue weighted by atomic mass is 19.4. The van der Waals surface area contributed by atoms with Crippen LogP contribution in [0.15, 0.2) is 6.20 Å². The Kier molecular flexibility index (Phi) is 3.64. The van der Waals surface area contributed by atoms with E-state index in [1.165, 1.54) is 10.9 Å². The van der Waals surface area contributed by atoms with Crippen LogP contribution in [0.4, 0.5) is 18.9 Å². The molecule has 1 heterocycles. The Morgan fingerprint density at radius 1 is 1.59 bits per heavy atom. The molecule has 0 aliphatic carbocycles. The molecule has 0 saturated heterocycles. The fourth-order valence-electron chi connectivity index (χ4n) is 1.39. The lowest BCUT2D eigenvalue weighted by molar-refractivity contribution is -0.138. The van der Waals surface area contributed by atoms with Gasteiger partial charge >= 0.3 is 6.18 Å². The normalized spacial score (nSPS) is 11.6. The maximum absolute atomic E-state index is 12.1. The molecule has 5 nitrogen and oxygen atoms in total. The molecule has 2 N–H and O–H groups in total. The maximum atomic E-state index is 12.1. The number of anilines is 1. The van der Waals surface area contributed by atoms with Gasteiger partial charge in [0.1, 0.15) is 12.2 Å². The van der Waals surface area contributed by atoms with Gasteiger partial charge in [0.15, 0.2) is 0 Å². The molecule has 0 atom stereocenters. The molecule has 8 heteroatoms. The number of rotatable bonds is 3. The second-order valence-electron chi connectivity index (χ2n) is 3.54. The second-order valence-corrected chi connectivity index (χ2v) is 3.54. The Morgan fingerprint density at radius 3 is 2.65 bits per heavy atom. The third kappa shape index (κ3) is 3.11. The van der Waals surface area contributed by atoms with Crippen LogP contribution in [0.1, 0.15) is 17.4 Å². The van der Waals surface area contributed by atoms with Crippen molar-refractivity contribution in [2.75, 3.05) is 19.3 Å². The first kappa shape index (κ1) is 13.3. The number of amides is 1. The molecule has 0 aromatic carbocycles. The maximum Gasteiger partial charge on any atom is 0.406 e. The molecule has 0 aliphatic heterocycles. The topological polar surface area (TPSA) is 64.2 Å². The predicted molar refractivity (Wildman–Crippen MR) is 55.3 cm³/mol. The van der Waals surface area contributed by atoms with Crippen molar-refractivity contribution in [1.29, 1.82) is 0 Å². The standard InChI is InChI=1S/C9H13F3N4O/c1-3-16-7(6(13)4-14-16)8(17)15(2)5-9(10,11)12/h4H,3,5,13H2,1-2H3.